The molecule has 1 aliphatic heterocycles. The van der Waals surface area contributed by atoms with Gasteiger partial charge in [0, 0.05) is 6.08 Å². The number of alkyl halides is 3. The second-order valence-electron chi connectivity index (χ2n) is 2.09. The molecule has 1 heterocycles. The Morgan fingerprint density at radius 3 is 2.27 bits per heavy atom. The van der Waals surface area contributed by atoms with Crippen LogP contribution in [0.2, 0.25) is 0 Å². The van der Waals surface area contributed by atoms with Crippen molar-refractivity contribution in [1.82, 2.24) is 5.32 Å². The second kappa shape index (κ2) is 1.97. The van der Waals surface area contributed by atoms with E-state index in [0.29, 0.717) is 12.2 Å². The predicted octanol–water partition coefficient (Wildman–Crippen LogP) is -0.0767. The van der Waals surface area contributed by atoms with Crippen molar-refractivity contribution in [2.24, 2.45) is 0 Å². The van der Waals surface area contributed by atoms with Gasteiger partial charge in [-0.05, 0) is 6.08 Å². The molecule has 0 aromatic rings. The third-order valence-corrected chi connectivity index (χ3v) is 1.22. The topological polar surface area (TPSA) is 49.3 Å². The molecule has 0 spiro atoms. The molecule has 11 heavy (non-hydrogen) atoms. The molecule has 0 aromatic heterocycles. The third-order valence-electron chi connectivity index (χ3n) is 1.22. The quantitative estimate of drug-likeness (QED) is 0.530. The molecule has 1 atom stereocenters. The summed E-state index contributed by atoms with van der Waals surface area (Å²) in [6.45, 7) is 0. The van der Waals surface area contributed by atoms with Gasteiger partial charge in [0.15, 0.2) is 0 Å². The summed E-state index contributed by atoms with van der Waals surface area (Å²) in [6.07, 6.45) is -3.86. The maximum Gasteiger partial charge on any atom is 0.440 e. The molecule has 6 heteroatoms. The molecule has 1 aliphatic rings. The number of amides is 1. The molecule has 2 N–H and O–H groups in total. The van der Waals surface area contributed by atoms with Gasteiger partial charge in [0.05, 0.1) is 0 Å². The third kappa shape index (κ3) is 1.21. The monoisotopic (exact) mass is 167 g/mol. The first kappa shape index (κ1) is 8.06. The molecular formula is C5H4F3NO2. The van der Waals surface area contributed by atoms with Crippen molar-refractivity contribution >= 4 is 5.91 Å². The van der Waals surface area contributed by atoms with Crippen molar-refractivity contribution in [1.29, 1.82) is 0 Å². The SMILES string of the molecule is O=C1C=CC(O)(C(F)(F)F)N1. The van der Waals surface area contributed by atoms with E-state index in [1.54, 1.807) is 0 Å². The van der Waals surface area contributed by atoms with E-state index in [1.165, 1.54) is 5.32 Å². The van der Waals surface area contributed by atoms with Crippen molar-refractivity contribution in [2.75, 3.05) is 0 Å². The lowest BCUT2D eigenvalue weighted by molar-refractivity contribution is -0.247. The van der Waals surface area contributed by atoms with Crippen LogP contribution in [-0.4, -0.2) is 22.9 Å². The smallest absolute Gasteiger partial charge is 0.360 e. The van der Waals surface area contributed by atoms with Crippen LogP contribution in [0, 0.1) is 0 Å². The maximum atomic E-state index is 11.8. The van der Waals surface area contributed by atoms with Gasteiger partial charge in [-0.1, -0.05) is 0 Å². The van der Waals surface area contributed by atoms with E-state index in [9.17, 15) is 18.0 Å². The Morgan fingerprint density at radius 2 is 2.09 bits per heavy atom. The zero-order valence-corrected chi connectivity index (χ0v) is 5.14. The molecule has 0 saturated heterocycles. The van der Waals surface area contributed by atoms with Gasteiger partial charge < -0.3 is 10.4 Å². The van der Waals surface area contributed by atoms with Gasteiger partial charge in [-0.25, -0.2) is 0 Å². The first-order valence-electron chi connectivity index (χ1n) is 2.66. The largest absolute Gasteiger partial charge is 0.440 e. The molecule has 0 radical (unpaired) electrons. The number of carbonyl (C=O) groups excluding carboxylic acids is 1. The van der Waals surface area contributed by atoms with Crippen LogP contribution in [0.1, 0.15) is 0 Å². The van der Waals surface area contributed by atoms with E-state index in [-0.39, 0.29) is 0 Å². The summed E-state index contributed by atoms with van der Waals surface area (Å²) in [5, 5.41) is 10.0. The number of hydrogen-bond donors (Lipinski definition) is 2. The lowest BCUT2D eigenvalue weighted by Crippen LogP contribution is -2.53. The van der Waals surface area contributed by atoms with Crippen LogP contribution in [0.15, 0.2) is 12.2 Å². The second-order valence-corrected chi connectivity index (χ2v) is 2.09. The number of nitrogens with one attached hydrogen (secondary N) is 1. The van der Waals surface area contributed by atoms with Gasteiger partial charge in [0.1, 0.15) is 0 Å². The predicted molar refractivity (Wildman–Crippen MR) is 28.3 cm³/mol. The summed E-state index contributed by atoms with van der Waals surface area (Å²) in [5.41, 5.74) is -3.18. The Balaban J connectivity index is 2.88. The first-order valence-corrected chi connectivity index (χ1v) is 2.66. The normalized spacial score (nSPS) is 30.7. The van der Waals surface area contributed by atoms with Crippen LogP contribution in [0.25, 0.3) is 0 Å². The van der Waals surface area contributed by atoms with E-state index < -0.39 is 17.8 Å². The Morgan fingerprint density at radius 1 is 1.55 bits per heavy atom. The summed E-state index contributed by atoms with van der Waals surface area (Å²) in [4.78, 5) is 10.2. The summed E-state index contributed by atoms with van der Waals surface area (Å²) >= 11 is 0. The molecule has 1 unspecified atom stereocenters. The Kier molecular flexibility index (Phi) is 1.45. The highest BCUT2D eigenvalue weighted by atomic mass is 19.4. The fourth-order valence-corrected chi connectivity index (χ4v) is 0.633. The minimum absolute atomic E-state index is 0.370. The van der Waals surface area contributed by atoms with E-state index in [0.717, 1.165) is 0 Å². The number of hydrogen-bond acceptors (Lipinski definition) is 2. The van der Waals surface area contributed by atoms with Crippen LogP contribution in [0.4, 0.5) is 13.2 Å². The Hall–Kier alpha value is -1.04. The summed E-state index contributed by atoms with van der Waals surface area (Å²) in [7, 11) is 0. The molecule has 62 valence electrons. The van der Waals surface area contributed by atoms with Crippen molar-refractivity contribution in [3.05, 3.63) is 12.2 Å². The van der Waals surface area contributed by atoms with Crippen molar-refractivity contribution in [3.63, 3.8) is 0 Å². The van der Waals surface area contributed by atoms with Gasteiger partial charge in [0.2, 0.25) is 5.91 Å². The fraction of sp³-hybridized carbons (Fsp3) is 0.400. The maximum absolute atomic E-state index is 11.8. The molecule has 0 aromatic carbocycles. The standard InChI is InChI=1S/C5H4F3NO2/c6-5(7,8)4(11)2-1-3(10)9-4/h1-2,11H,(H,9,10). The molecular weight excluding hydrogens is 163 g/mol. The average molecular weight is 167 g/mol. The van der Waals surface area contributed by atoms with E-state index in [1.807, 2.05) is 0 Å². The van der Waals surface area contributed by atoms with Crippen molar-refractivity contribution < 1.29 is 23.1 Å². The summed E-state index contributed by atoms with van der Waals surface area (Å²) in [5.74, 6) is -0.954. The van der Waals surface area contributed by atoms with Crippen LogP contribution in [-0.2, 0) is 4.79 Å². The summed E-state index contributed by atoms with van der Waals surface area (Å²) < 4.78 is 35.4. The fourth-order valence-electron chi connectivity index (χ4n) is 0.633. The minimum Gasteiger partial charge on any atom is -0.360 e. The summed E-state index contributed by atoms with van der Waals surface area (Å²) in [6, 6.07) is 0. The van der Waals surface area contributed by atoms with Crippen molar-refractivity contribution in [3.8, 4) is 0 Å². The van der Waals surface area contributed by atoms with E-state index in [2.05, 4.69) is 0 Å². The molecule has 0 saturated carbocycles. The van der Waals surface area contributed by atoms with Crippen LogP contribution in [0.5, 0.6) is 0 Å². The lowest BCUT2D eigenvalue weighted by Gasteiger charge is -2.23. The molecule has 1 rings (SSSR count). The molecule has 0 aliphatic carbocycles. The Labute approximate surface area is 59.5 Å². The van der Waals surface area contributed by atoms with Gasteiger partial charge in [-0.15, -0.1) is 0 Å². The van der Waals surface area contributed by atoms with E-state index >= 15 is 0 Å². The minimum atomic E-state index is -4.87. The molecule has 1 amide bonds. The number of carbonyl (C=O) groups is 1. The highest BCUT2D eigenvalue weighted by Gasteiger charge is 2.55. The van der Waals surface area contributed by atoms with Crippen LogP contribution >= 0.6 is 0 Å². The molecule has 3 nitrogen and oxygen atoms in total. The van der Waals surface area contributed by atoms with Crippen LogP contribution < -0.4 is 5.32 Å². The number of halogens is 3. The molecule has 0 bridgehead atoms. The number of rotatable bonds is 0. The van der Waals surface area contributed by atoms with Gasteiger partial charge >= 0.3 is 6.18 Å². The zero-order valence-electron chi connectivity index (χ0n) is 5.14. The van der Waals surface area contributed by atoms with E-state index in [4.69, 9.17) is 5.11 Å². The van der Waals surface area contributed by atoms with Crippen molar-refractivity contribution in [2.45, 2.75) is 11.9 Å². The van der Waals surface area contributed by atoms with Gasteiger partial charge in [-0.3, -0.25) is 4.79 Å². The number of aliphatic hydroxyl groups is 1. The Bertz CT molecular complexity index is 222. The molecule has 0 fully saturated rings. The highest BCUT2D eigenvalue weighted by Crippen LogP contribution is 2.31. The van der Waals surface area contributed by atoms with Gasteiger partial charge in [-0.2, -0.15) is 13.2 Å². The average Bonchev–Trinajstić information content (AvgIpc) is 2.10. The first-order chi connectivity index (χ1) is 4.85. The lowest BCUT2D eigenvalue weighted by atomic mass is 10.2. The zero-order chi connectivity index (χ0) is 8.70. The van der Waals surface area contributed by atoms with Crippen LogP contribution in [0.3, 0.4) is 0 Å². The van der Waals surface area contributed by atoms with Gasteiger partial charge in [0.25, 0.3) is 5.72 Å². The highest BCUT2D eigenvalue weighted by molar-refractivity contribution is 5.91.